The summed E-state index contributed by atoms with van der Waals surface area (Å²) < 4.78 is 5.50. The van der Waals surface area contributed by atoms with E-state index in [4.69, 9.17) is 4.42 Å². The van der Waals surface area contributed by atoms with Gasteiger partial charge in [-0.25, -0.2) is 4.98 Å². The molecule has 1 aliphatic heterocycles. The van der Waals surface area contributed by atoms with Gasteiger partial charge in [0.05, 0.1) is 11.9 Å². The Morgan fingerprint density at radius 3 is 2.81 bits per heavy atom. The van der Waals surface area contributed by atoms with Crippen LogP contribution < -0.4 is 10.2 Å². The predicted molar refractivity (Wildman–Crippen MR) is 81.3 cm³/mol. The average molecular weight is 285 g/mol. The minimum atomic E-state index is 0.182. The Balaban J connectivity index is 1.64. The molecule has 0 spiro atoms. The fourth-order valence-corrected chi connectivity index (χ4v) is 2.62. The van der Waals surface area contributed by atoms with E-state index < -0.39 is 0 Å². The van der Waals surface area contributed by atoms with Gasteiger partial charge in [-0.2, -0.15) is 0 Å². The lowest BCUT2D eigenvalue weighted by atomic mass is 10.2. The number of rotatable bonds is 4. The summed E-state index contributed by atoms with van der Waals surface area (Å²) in [4.78, 5) is 17.8. The van der Waals surface area contributed by atoms with Crippen LogP contribution in [0.4, 0.5) is 11.5 Å². The van der Waals surface area contributed by atoms with E-state index in [1.54, 1.807) is 11.1 Å². The van der Waals surface area contributed by atoms with Crippen molar-refractivity contribution in [3.8, 4) is 0 Å². The molecular weight excluding hydrogens is 266 g/mol. The molecule has 0 aliphatic carbocycles. The molecule has 1 fully saturated rings. The number of nitrogens with one attached hydrogen (secondary N) is 1. The zero-order valence-electron chi connectivity index (χ0n) is 12.3. The third kappa shape index (κ3) is 2.91. The van der Waals surface area contributed by atoms with Gasteiger partial charge < -0.3 is 14.6 Å². The second kappa shape index (κ2) is 5.60. The number of carbonyl (C=O) groups is 1. The molecule has 21 heavy (non-hydrogen) atoms. The maximum atomic E-state index is 11.7. The summed E-state index contributed by atoms with van der Waals surface area (Å²) in [6.07, 6.45) is 3.32. The van der Waals surface area contributed by atoms with Crippen molar-refractivity contribution in [3.63, 3.8) is 0 Å². The van der Waals surface area contributed by atoms with Crippen molar-refractivity contribution in [1.29, 1.82) is 0 Å². The van der Waals surface area contributed by atoms with Crippen LogP contribution in [0.15, 0.2) is 28.8 Å². The number of carbonyl (C=O) groups excluding carboxylic acids is 1. The van der Waals surface area contributed by atoms with Crippen LogP contribution in [0.5, 0.6) is 0 Å². The van der Waals surface area contributed by atoms with E-state index in [-0.39, 0.29) is 5.91 Å². The highest BCUT2D eigenvalue weighted by molar-refractivity contribution is 5.95. The first-order chi connectivity index (χ1) is 10.1. The Bertz CT molecular complexity index is 646. The molecule has 3 heterocycles. The summed E-state index contributed by atoms with van der Waals surface area (Å²) >= 11 is 0. The Morgan fingerprint density at radius 2 is 2.24 bits per heavy atom. The second-order valence-electron chi connectivity index (χ2n) is 5.34. The van der Waals surface area contributed by atoms with Gasteiger partial charge in [-0.05, 0) is 38.5 Å². The quantitative estimate of drug-likeness (QED) is 0.938. The minimum Gasteiger partial charge on any atom is -0.466 e. The van der Waals surface area contributed by atoms with Crippen LogP contribution in [0.25, 0.3) is 0 Å². The molecule has 1 N–H and O–H groups in total. The lowest BCUT2D eigenvalue weighted by Crippen LogP contribution is -2.23. The monoisotopic (exact) mass is 285 g/mol. The van der Waals surface area contributed by atoms with Crippen LogP contribution in [0.1, 0.15) is 29.9 Å². The van der Waals surface area contributed by atoms with Crippen molar-refractivity contribution >= 4 is 17.4 Å². The highest BCUT2D eigenvalue weighted by Crippen LogP contribution is 2.22. The summed E-state index contributed by atoms with van der Waals surface area (Å²) in [5, 5.41) is 3.27. The Labute approximate surface area is 124 Å². The topological polar surface area (TPSA) is 58.4 Å². The molecule has 5 heteroatoms. The average Bonchev–Trinajstić information content (AvgIpc) is 3.03. The van der Waals surface area contributed by atoms with Gasteiger partial charge in [0.1, 0.15) is 17.3 Å². The number of hydrogen-bond donors (Lipinski definition) is 1. The Kier molecular flexibility index (Phi) is 3.64. The van der Waals surface area contributed by atoms with Crippen molar-refractivity contribution in [2.75, 3.05) is 16.8 Å². The molecule has 2 aromatic rings. The van der Waals surface area contributed by atoms with Crippen molar-refractivity contribution < 1.29 is 9.21 Å². The first-order valence-corrected chi connectivity index (χ1v) is 7.19. The van der Waals surface area contributed by atoms with Gasteiger partial charge in [0.15, 0.2) is 0 Å². The number of aromatic nitrogens is 1. The minimum absolute atomic E-state index is 0.182. The number of furan rings is 1. The molecule has 110 valence electrons. The van der Waals surface area contributed by atoms with E-state index in [0.717, 1.165) is 41.6 Å². The Hall–Kier alpha value is -2.30. The molecule has 1 saturated heterocycles. The van der Waals surface area contributed by atoms with Gasteiger partial charge in [0.2, 0.25) is 5.91 Å². The normalized spacial score (nSPS) is 14.8. The molecule has 0 saturated carbocycles. The number of anilines is 2. The van der Waals surface area contributed by atoms with E-state index >= 15 is 0 Å². The molecule has 1 amide bonds. The fraction of sp³-hybridized carbons (Fsp3) is 0.375. The molecule has 0 radical (unpaired) electrons. The molecule has 0 aromatic carbocycles. The van der Waals surface area contributed by atoms with Gasteiger partial charge in [-0.1, -0.05) is 0 Å². The Morgan fingerprint density at radius 1 is 1.38 bits per heavy atom. The van der Waals surface area contributed by atoms with Gasteiger partial charge in [0.25, 0.3) is 0 Å². The van der Waals surface area contributed by atoms with Crippen LogP contribution >= 0.6 is 0 Å². The molecule has 5 nitrogen and oxygen atoms in total. The number of amides is 1. The SMILES string of the molecule is Cc1cc(CNc2ccc(N3CCCC3=O)cn2)c(C)o1. The number of aryl methyl sites for hydroxylation is 2. The molecule has 0 unspecified atom stereocenters. The van der Waals surface area contributed by atoms with Gasteiger partial charge in [0, 0.05) is 25.1 Å². The van der Waals surface area contributed by atoms with Crippen LogP contribution in [0, 0.1) is 13.8 Å². The molecule has 0 bridgehead atoms. The predicted octanol–water partition coefficient (Wildman–Crippen LogP) is 3.03. The summed E-state index contributed by atoms with van der Waals surface area (Å²) in [5.41, 5.74) is 2.01. The van der Waals surface area contributed by atoms with Crippen molar-refractivity contribution in [2.24, 2.45) is 0 Å². The van der Waals surface area contributed by atoms with E-state index in [9.17, 15) is 4.79 Å². The highest BCUT2D eigenvalue weighted by Gasteiger charge is 2.21. The first kappa shape index (κ1) is 13.7. The zero-order valence-corrected chi connectivity index (χ0v) is 12.3. The highest BCUT2D eigenvalue weighted by atomic mass is 16.3. The van der Waals surface area contributed by atoms with Crippen LogP contribution in [-0.2, 0) is 11.3 Å². The third-order valence-corrected chi connectivity index (χ3v) is 3.74. The van der Waals surface area contributed by atoms with Crippen molar-refractivity contribution in [3.05, 3.63) is 41.5 Å². The fourth-order valence-electron chi connectivity index (χ4n) is 2.62. The van der Waals surface area contributed by atoms with Crippen molar-refractivity contribution in [1.82, 2.24) is 4.98 Å². The lowest BCUT2D eigenvalue weighted by Gasteiger charge is -2.15. The molecule has 0 atom stereocenters. The molecule has 1 aliphatic rings. The van der Waals surface area contributed by atoms with E-state index in [1.165, 1.54) is 0 Å². The standard InChI is InChI=1S/C16H19N3O2/c1-11-8-13(12(2)21-11)9-17-15-6-5-14(10-18-15)19-7-3-4-16(19)20/h5-6,8,10H,3-4,7,9H2,1-2H3,(H,17,18). The maximum Gasteiger partial charge on any atom is 0.227 e. The third-order valence-electron chi connectivity index (χ3n) is 3.74. The molecular formula is C16H19N3O2. The van der Waals surface area contributed by atoms with E-state index in [0.29, 0.717) is 13.0 Å². The molecule has 2 aromatic heterocycles. The van der Waals surface area contributed by atoms with Crippen LogP contribution in [0.3, 0.4) is 0 Å². The summed E-state index contributed by atoms with van der Waals surface area (Å²) in [6, 6.07) is 5.87. The maximum absolute atomic E-state index is 11.7. The number of hydrogen-bond acceptors (Lipinski definition) is 4. The largest absolute Gasteiger partial charge is 0.466 e. The number of nitrogens with zero attached hydrogens (tertiary/aromatic N) is 2. The summed E-state index contributed by atoms with van der Waals surface area (Å²) in [6.45, 7) is 5.37. The smallest absolute Gasteiger partial charge is 0.227 e. The van der Waals surface area contributed by atoms with Gasteiger partial charge in [-0.15, -0.1) is 0 Å². The summed E-state index contributed by atoms with van der Waals surface area (Å²) in [5.74, 6) is 2.82. The van der Waals surface area contributed by atoms with Crippen LogP contribution in [0.2, 0.25) is 0 Å². The zero-order chi connectivity index (χ0) is 14.8. The first-order valence-electron chi connectivity index (χ1n) is 7.19. The van der Waals surface area contributed by atoms with Gasteiger partial charge >= 0.3 is 0 Å². The van der Waals surface area contributed by atoms with E-state index in [1.807, 2.05) is 32.0 Å². The number of pyridine rings is 1. The van der Waals surface area contributed by atoms with Crippen molar-refractivity contribution in [2.45, 2.75) is 33.2 Å². The van der Waals surface area contributed by atoms with Crippen LogP contribution in [-0.4, -0.2) is 17.4 Å². The van der Waals surface area contributed by atoms with E-state index in [2.05, 4.69) is 10.3 Å². The van der Waals surface area contributed by atoms with Gasteiger partial charge in [-0.3, -0.25) is 4.79 Å². The lowest BCUT2D eigenvalue weighted by molar-refractivity contribution is -0.117. The second-order valence-corrected chi connectivity index (χ2v) is 5.34. The summed E-state index contributed by atoms with van der Waals surface area (Å²) in [7, 11) is 0. The molecule has 3 rings (SSSR count).